The Morgan fingerprint density at radius 2 is 1.94 bits per heavy atom. The van der Waals surface area contributed by atoms with Crippen molar-refractivity contribution in [3.05, 3.63) is 53.9 Å². The molecule has 0 bridgehead atoms. The van der Waals surface area contributed by atoms with Crippen molar-refractivity contribution < 1.29 is 14.3 Å². The third kappa shape index (κ3) is 7.85. The minimum absolute atomic E-state index is 0.240. The van der Waals surface area contributed by atoms with Gasteiger partial charge in [-0.3, -0.25) is 20.0 Å². The molecular formula is C24H32N4O3S. The maximum atomic E-state index is 12.8. The molecule has 32 heavy (non-hydrogen) atoms. The van der Waals surface area contributed by atoms with E-state index < -0.39 is 0 Å². The highest BCUT2D eigenvalue weighted by atomic mass is 32.1. The summed E-state index contributed by atoms with van der Waals surface area (Å²) in [5.41, 5.74) is 2.04. The normalized spacial score (nSPS) is 14.0. The van der Waals surface area contributed by atoms with E-state index in [0.717, 1.165) is 43.2 Å². The molecule has 0 radical (unpaired) electrons. The van der Waals surface area contributed by atoms with E-state index in [9.17, 15) is 4.79 Å². The Bertz CT molecular complexity index is 870. The highest BCUT2D eigenvalue weighted by molar-refractivity contribution is 7.80. The average molecular weight is 457 g/mol. The lowest BCUT2D eigenvalue weighted by molar-refractivity contribution is 0.0335. The number of hydrogen-bond acceptors (Lipinski definition) is 6. The number of ether oxygens (including phenoxy) is 2. The Morgan fingerprint density at radius 3 is 2.69 bits per heavy atom. The van der Waals surface area contributed by atoms with Gasteiger partial charge < -0.3 is 14.8 Å². The van der Waals surface area contributed by atoms with Crippen molar-refractivity contribution in [1.29, 1.82) is 0 Å². The number of pyridine rings is 1. The molecule has 0 saturated carbocycles. The van der Waals surface area contributed by atoms with Gasteiger partial charge in [-0.25, -0.2) is 0 Å². The predicted octanol–water partition coefficient (Wildman–Crippen LogP) is 4.00. The van der Waals surface area contributed by atoms with Crippen LogP contribution in [-0.4, -0.2) is 53.8 Å². The Morgan fingerprint density at radius 1 is 1.16 bits per heavy atom. The smallest absolute Gasteiger partial charge is 0.259 e. The van der Waals surface area contributed by atoms with E-state index in [0.29, 0.717) is 25.3 Å². The van der Waals surface area contributed by atoms with E-state index in [-0.39, 0.29) is 11.0 Å². The summed E-state index contributed by atoms with van der Waals surface area (Å²) in [5.74, 6) is 0.552. The van der Waals surface area contributed by atoms with Gasteiger partial charge in [-0.05, 0) is 55.0 Å². The van der Waals surface area contributed by atoms with Crippen LogP contribution in [0.4, 0.5) is 5.69 Å². The molecule has 0 unspecified atom stereocenters. The highest BCUT2D eigenvalue weighted by Gasteiger charge is 2.18. The van der Waals surface area contributed by atoms with Crippen molar-refractivity contribution >= 4 is 28.9 Å². The molecule has 1 aliphatic heterocycles. The molecule has 1 aliphatic rings. The van der Waals surface area contributed by atoms with Gasteiger partial charge >= 0.3 is 0 Å². The fraction of sp³-hybridized carbons (Fsp3) is 0.458. The molecule has 8 heteroatoms. The molecule has 1 saturated heterocycles. The van der Waals surface area contributed by atoms with E-state index in [2.05, 4.69) is 27.4 Å². The second kappa shape index (κ2) is 13.1. The van der Waals surface area contributed by atoms with Gasteiger partial charge in [0, 0.05) is 31.5 Å². The van der Waals surface area contributed by atoms with Gasteiger partial charge in [0.05, 0.1) is 31.1 Å². The van der Waals surface area contributed by atoms with Crippen LogP contribution in [-0.2, 0) is 11.3 Å². The van der Waals surface area contributed by atoms with Crippen LogP contribution < -0.4 is 15.4 Å². The Hall–Kier alpha value is -2.55. The van der Waals surface area contributed by atoms with Crippen LogP contribution in [0.15, 0.2) is 42.6 Å². The fourth-order valence-electron chi connectivity index (χ4n) is 3.43. The molecular weight excluding hydrogens is 424 g/mol. The van der Waals surface area contributed by atoms with E-state index in [1.807, 2.05) is 24.3 Å². The first-order valence-corrected chi connectivity index (χ1v) is 11.7. The molecule has 0 aliphatic carbocycles. The quantitative estimate of drug-likeness (QED) is 0.413. The number of carbonyl (C=O) groups excluding carboxylic acids is 1. The summed E-state index contributed by atoms with van der Waals surface area (Å²) in [4.78, 5) is 19.5. The second-order valence-corrected chi connectivity index (χ2v) is 8.14. The molecule has 172 valence electrons. The number of hydrogen-bond donors (Lipinski definition) is 2. The standard InChI is InChI=1S/C24H32N4O3S/c1-2-3-4-5-15-31-20-10-8-19(9-11-20)26-24(32)27-23(29)21-7-6-12-25-22(21)18-28-13-16-30-17-14-28/h6-12H,2-5,13-18H2,1H3,(H2,26,27,29,32). The number of thiocarbonyl (C=S) groups is 1. The van der Waals surface area contributed by atoms with Gasteiger partial charge in [-0.15, -0.1) is 0 Å². The molecule has 7 nitrogen and oxygen atoms in total. The third-order valence-electron chi connectivity index (χ3n) is 5.22. The van der Waals surface area contributed by atoms with Crippen LogP contribution in [0, 0.1) is 0 Å². The summed E-state index contributed by atoms with van der Waals surface area (Å²) < 4.78 is 11.2. The number of anilines is 1. The Balaban J connectivity index is 1.49. The third-order valence-corrected chi connectivity index (χ3v) is 5.42. The number of nitrogens with zero attached hydrogens (tertiary/aromatic N) is 2. The molecule has 0 spiro atoms. The second-order valence-electron chi connectivity index (χ2n) is 7.73. The molecule has 3 rings (SSSR count). The largest absolute Gasteiger partial charge is 0.494 e. The summed E-state index contributed by atoms with van der Waals surface area (Å²) in [7, 11) is 0. The summed E-state index contributed by atoms with van der Waals surface area (Å²) in [6.07, 6.45) is 6.41. The summed E-state index contributed by atoms with van der Waals surface area (Å²) >= 11 is 5.34. The molecule has 1 aromatic heterocycles. The van der Waals surface area contributed by atoms with Crippen LogP contribution in [0.1, 0.15) is 48.7 Å². The first kappa shape index (κ1) is 24.1. The van der Waals surface area contributed by atoms with Crippen LogP contribution in [0.2, 0.25) is 0 Å². The SMILES string of the molecule is CCCCCCOc1ccc(NC(=S)NC(=O)c2cccnc2CN2CCOCC2)cc1. The van der Waals surface area contributed by atoms with Crippen LogP contribution in [0.3, 0.4) is 0 Å². The Labute approximate surface area is 195 Å². The maximum Gasteiger partial charge on any atom is 0.259 e. The Kier molecular flexibility index (Phi) is 9.87. The summed E-state index contributed by atoms with van der Waals surface area (Å²) in [6, 6.07) is 11.1. The number of nitrogens with one attached hydrogen (secondary N) is 2. The van der Waals surface area contributed by atoms with Crippen molar-refractivity contribution in [2.75, 3.05) is 38.2 Å². The van der Waals surface area contributed by atoms with Gasteiger partial charge in [0.15, 0.2) is 5.11 Å². The number of morpholine rings is 1. The topological polar surface area (TPSA) is 75.7 Å². The van der Waals surface area contributed by atoms with Gasteiger partial charge in [0.25, 0.3) is 5.91 Å². The number of rotatable bonds is 10. The van der Waals surface area contributed by atoms with E-state index in [1.54, 1.807) is 18.3 Å². The van der Waals surface area contributed by atoms with E-state index in [1.165, 1.54) is 19.3 Å². The van der Waals surface area contributed by atoms with Crippen molar-refractivity contribution in [3.8, 4) is 5.75 Å². The monoisotopic (exact) mass is 456 g/mol. The number of benzene rings is 1. The maximum absolute atomic E-state index is 12.8. The number of aromatic nitrogens is 1. The molecule has 1 amide bonds. The molecule has 1 aromatic carbocycles. The van der Waals surface area contributed by atoms with Gasteiger partial charge in [-0.1, -0.05) is 26.2 Å². The van der Waals surface area contributed by atoms with Crippen molar-refractivity contribution in [1.82, 2.24) is 15.2 Å². The molecule has 2 N–H and O–H groups in total. The van der Waals surface area contributed by atoms with E-state index in [4.69, 9.17) is 21.7 Å². The average Bonchev–Trinajstić information content (AvgIpc) is 2.81. The van der Waals surface area contributed by atoms with E-state index >= 15 is 0 Å². The first-order chi connectivity index (χ1) is 15.7. The number of carbonyl (C=O) groups is 1. The number of unbranched alkanes of at least 4 members (excludes halogenated alkanes) is 3. The molecule has 0 atom stereocenters. The zero-order chi connectivity index (χ0) is 22.6. The molecule has 2 heterocycles. The van der Waals surface area contributed by atoms with Gasteiger partial charge in [0.2, 0.25) is 0 Å². The summed E-state index contributed by atoms with van der Waals surface area (Å²) in [5, 5.41) is 6.05. The van der Waals surface area contributed by atoms with Crippen molar-refractivity contribution in [2.45, 2.75) is 39.2 Å². The molecule has 1 fully saturated rings. The van der Waals surface area contributed by atoms with Crippen LogP contribution >= 0.6 is 12.2 Å². The highest BCUT2D eigenvalue weighted by Crippen LogP contribution is 2.16. The molecule has 2 aromatic rings. The van der Waals surface area contributed by atoms with Crippen molar-refractivity contribution in [2.24, 2.45) is 0 Å². The zero-order valence-corrected chi connectivity index (χ0v) is 19.5. The minimum atomic E-state index is -0.272. The lowest BCUT2D eigenvalue weighted by atomic mass is 10.1. The van der Waals surface area contributed by atoms with Crippen LogP contribution in [0.5, 0.6) is 5.75 Å². The lowest BCUT2D eigenvalue weighted by Gasteiger charge is -2.26. The van der Waals surface area contributed by atoms with Gasteiger partial charge in [0.1, 0.15) is 5.75 Å². The fourth-order valence-corrected chi connectivity index (χ4v) is 3.64. The summed E-state index contributed by atoms with van der Waals surface area (Å²) in [6.45, 7) is 6.58. The lowest BCUT2D eigenvalue weighted by Crippen LogP contribution is -2.38. The number of amides is 1. The van der Waals surface area contributed by atoms with Crippen molar-refractivity contribution in [3.63, 3.8) is 0 Å². The zero-order valence-electron chi connectivity index (χ0n) is 18.6. The first-order valence-electron chi connectivity index (χ1n) is 11.2. The minimum Gasteiger partial charge on any atom is -0.494 e. The predicted molar refractivity (Wildman–Crippen MR) is 130 cm³/mol. The van der Waals surface area contributed by atoms with Gasteiger partial charge in [-0.2, -0.15) is 0 Å². The van der Waals surface area contributed by atoms with Crippen LogP contribution in [0.25, 0.3) is 0 Å².